The van der Waals surface area contributed by atoms with E-state index in [-0.39, 0.29) is 12.3 Å². The van der Waals surface area contributed by atoms with Crippen LogP contribution in [0.25, 0.3) is 0 Å². The molecule has 0 aliphatic carbocycles. The number of carbonyl (C=O) groups is 1. The molecule has 0 atom stereocenters. The van der Waals surface area contributed by atoms with Crippen LogP contribution in [0.3, 0.4) is 0 Å². The molecule has 14 heavy (non-hydrogen) atoms. The van der Waals surface area contributed by atoms with E-state index in [9.17, 15) is 4.79 Å². The Morgan fingerprint density at radius 1 is 1.29 bits per heavy atom. The maximum atomic E-state index is 11.6. The molecular weight excluding hydrogens is 178 g/mol. The molecule has 4 heteroatoms. The van der Waals surface area contributed by atoms with Crippen LogP contribution in [0.2, 0.25) is 0 Å². The summed E-state index contributed by atoms with van der Waals surface area (Å²) in [5.74, 6) is 0.0381. The predicted molar refractivity (Wildman–Crippen MR) is 50.8 cm³/mol. The number of hydrogen-bond donors (Lipinski definition) is 0. The second-order valence-corrected chi connectivity index (χ2v) is 2.89. The van der Waals surface area contributed by atoms with Gasteiger partial charge in [-0.15, -0.1) is 5.10 Å². The average molecular weight is 187 g/mol. The van der Waals surface area contributed by atoms with Gasteiger partial charge in [-0.1, -0.05) is 35.5 Å². The van der Waals surface area contributed by atoms with Gasteiger partial charge in [0.2, 0.25) is 0 Å². The van der Waals surface area contributed by atoms with Crippen LogP contribution in [-0.4, -0.2) is 20.8 Å². The molecule has 1 heterocycles. The van der Waals surface area contributed by atoms with Gasteiger partial charge in [0.25, 0.3) is 0 Å². The van der Waals surface area contributed by atoms with Crippen LogP contribution < -0.4 is 0 Å². The highest BCUT2D eigenvalue weighted by Crippen LogP contribution is 2.01. The number of aromatic nitrogens is 3. The van der Waals surface area contributed by atoms with Gasteiger partial charge in [-0.05, 0) is 0 Å². The molecule has 1 aromatic heterocycles. The van der Waals surface area contributed by atoms with Crippen LogP contribution in [-0.2, 0) is 6.54 Å². The molecule has 0 unspecified atom stereocenters. The second-order valence-electron chi connectivity index (χ2n) is 2.89. The Morgan fingerprint density at radius 2 is 2.07 bits per heavy atom. The minimum Gasteiger partial charge on any atom is -0.292 e. The minimum atomic E-state index is 0.0381. The van der Waals surface area contributed by atoms with Gasteiger partial charge in [-0.25, -0.2) is 4.68 Å². The van der Waals surface area contributed by atoms with Gasteiger partial charge in [0.15, 0.2) is 5.78 Å². The van der Waals surface area contributed by atoms with Crippen molar-refractivity contribution in [2.75, 3.05) is 0 Å². The summed E-state index contributed by atoms with van der Waals surface area (Å²) < 4.78 is 1.51. The number of benzene rings is 1. The Morgan fingerprint density at radius 3 is 2.71 bits per heavy atom. The third-order valence-electron chi connectivity index (χ3n) is 1.87. The number of nitrogens with zero attached hydrogens (tertiary/aromatic N) is 3. The fourth-order valence-corrected chi connectivity index (χ4v) is 1.18. The fourth-order valence-electron chi connectivity index (χ4n) is 1.18. The molecule has 0 fully saturated rings. The van der Waals surface area contributed by atoms with E-state index in [0.717, 1.165) is 0 Å². The lowest BCUT2D eigenvalue weighted by Crippen LogP contribution is -2.10. The zero-order chi connectivity index (χ0) is 9.80. The van der Waals surface area contributed by atoms with E-state index >= 15 is 0 Å². The molecule has 2 aromatic rings. The van der Waals surface area contributed by atoms with E-state index in [1.807, 2.05) is 18.2 Å². The highest BCUT2D eigenvalue weighted by Gasteiger charge is 2.05. The van der Waals surface area contributed by atoms with E-state index in [0.29, 0.717) is 5.56 Å². The normalized spacial score (nSPS) is 10.0. The number of Topliss-reactive ketones (excluding diaryl/α,β-unsaturated/α-hetero) is 1. The summed E-state index contributed by atoms with van der Waals surface area (Å²) in [6.07, 6.45) is 3.22. The van der Waals surface area contributed by atoms with Gasteiger partial charge in [-0.2, -0.15) is 0 Å². The van der Waals surface area contributed by atoms with Crippen molar-refractivity contribution in [1.29, 1.82) is 0 Å². The van der Waals surface area contributed by atoms with Crippen LogP contribution >= 0.6 is 0 Å². The lowest BCUT2D eigenvalue weighted by Gasteiger charge is -1.99. The number of rotatable bonds is 3. The van der Waals surface area contributed by atoms with Gasteiger partial charge < -0.3 is 0 Å². The molecule has 2 rings (SSSR count). The lowest BCUT2D eigenvalue weighted by atomic mass is 10.1. The first-order chi connectivity index (χ1) is 6.86. The summed E-state index contributed by atoms with van der Waals surface area (Å²) in [5.41, 5.74) is 0.697. The van der Waals surface area contributed by atoms with Crippen molar-refractivity contribution < 1.29 is 4.79 Å². The molecule has 0 N–H and O–H groups in total. The highest BCUT2D eigenvalue weighted by atomic mass is 16.1. The quantitative estimate of drug-likeness (QED) is 0.677. The van der Waals surface area contributed by atoms with E-state index in [4.69, 9.17) is 0 Å². The molecule has 0 radical (unpaired) electrons. The summed E-state index contributed by atoms with van der Waals surface area (Å²) in [6.45, 7) is 0.240. The van der Waals surface area contributed by atoms with E-state index < -0.39 is 0 Å². The first kappa shape index (κ1) is 8.62. The van der Waals surface area contributed by atoms with Crippen LogP contribution in [0.15, 0.2) is 42.7 Å². The minimum absolute atomic E-state index is 0.0381. The van der Waals surface area contributed by atoms with E-state index in [1.165, 1.54) is 4.68 Å². The molecule has 0 aliphatic heterocycles. The van der Waals surface area contributed by atoms with Gasteiger partial charge >= 0.3 is 0 Å². The number of ketones is 1. The molecular formula is C10H9N3O. The Bertz CT molecular complexity index is 408. The molecule has 0 saturated heterocycles. The summed E-state index contributed by atoms with van der Waals surface area (Å²) >= 11 is 0. The molecule has 0 saturated carbocycles. The summed E-state index contributed by atoms with van der Waals surface area (Å²) in [4.78, 5) is 11.6. The maximum absolute atomic E-state index is 11.6. The monoisotopic (exact) mass is 187 g/mol. The molecule has 0 aliphatic rings. The Kier molecular flexibility index (Phi) is 2.36. The highest BCUT2D eigenvalue weighted by molar-refractivity contribution is 5.95. The van der Waals surface area contributed by atoms with Crippen LogP contribution in [0.4, 0.5) is 0 Å². The summed E-state index contributed by atoms with van der Waals surface area (Å²) in [6, 6.07) is 9.15. The zero-order valence-corrected chi connectivity index (χ0v) is 7.50. The van der Waals surface area contributed by atoms with Crippen molar-refractivity contribution in [3.05, 3.63) is 48.3 Å². The fraction of sp³-hybridized carbons (Fsp3) is 0.100. The first-order valence-electron chi connectivity index (χ1n) is 4.28. The smallest absolute Gasteiger partial charge is 0.184 e. The van der Waals surface area contributed by atoms with E-state index in [2.05, 4.69) is 10.3 Å². The third-order valence-corrected chi connectivity index (χ3v) is 1.87. The molecule has 1 aromatic carbocycles. The lowest BCUT2D eigenvalue weighted by molar-refractivity contribution is 0.0967. The Hall–Kier alpha value is -1.97. The topological polar surface area (TPSA) is 47.8 Å². The number of carbonyl (C=O) groups excluding carboxylic acids is 1. The summed E-state index contributed by atoms with van der Waals surface area (Å²) in [7, 11) is 0. The third kappa shape index (κ3) is 1.85. The van der Waals surface area contributed by atoms with Gasteiger partial charge in [0.1, 0.15) is 6.54 Å². The SMILES string of the molecule is O=C(Cn1ccnn1)c1ccccc1. The van der Waals surface area contributed by atoms with Crippen molar-refractivity contribution in [1.82, 2.24) is 15.0 Å². The maximum Gasteiger partial charge on any atom is 0.184 e. The van der Waals surface area contributed by atoms with Crippen molar-refractivity contribution >= 4 is 5.78 Å². The Balaban J connectivity index is 2.11. The molecule has 0 spiro atoms. The second kappa shape index (κ2) is 3.83. The molecule has 4 nitrogen and oxygen atoms in total. The molecule has 0 bridgehead atoms. The summed E-state index contributed by atoms with van der Waals surface area (Å²) in [5, 5.41) is 7.36. The largest absolute Gasteiger partial charge is 0.292 e. The van der Waals surface area contributed by atoms with Crippen molar-refractivity contribution in [2.45, 2.75) is 6.54 Å². The van der Waals surface area contributed by atoms with Crippen molar-refractivity contribution in [2.24, 2.45) is 0 Å². The molecule has 70 valence electrons. The van der Waals surface area contributed by atoms with Gasteiger partial charge in [0.05, 0.1) is 6.20 Å². The standard InChI is InChI=1S/C10H9N3O/c14-10(8-13-7-6-11-12-13)9-4-2-1-3-5-9/h1-7H,8H2. The van der Waals surface area contributed by atoms with Crippen LogP contribution in [0.5, 0.6) is 0 Å². The first-order valence-corrected chi connectivity index (χ1v) is 4.28. The molecule has 0 amide bonds. The number of hydrogen-bond acceptors (Lipinski definition) is 3. The van der Waals surface area contributed by atoms with E-state index in [1.54, 1.807) is 24.5 Å². The van der Waals surface area contributed by atoms with Crippen LogP contribution in [0, 0.1) is 0 Å². The predicted octanol–water partition coefficient (Wildman–Crippen LogP) is 1.16. The zero-order valence-electron chi connectivity index (χ0n) is 7.50. The van der Waals surface area contributed by atoms with Crippen molar-refractivity contribution in [3.8, 4) is 0 Å². The van der Waals surface area contributed by atoms with Gasteiger partial charge in [-0.3, -0.25) is 4.79 Å². The van der Waals surface area contributed by atoms with Gasteiger partial charge in [0, 0.05) is 11.8 Å². The van der Waals surface area contributed by atoms with Crippen molar-refractivity contribution in [3.63, 3.8) is 0 Å². The van der Waals surface area contributed by atoms with Crippen LogP contribution in [0.1, 0.15) is 10.4 Å². The average Bonchev–Trinajstić information content (AvgIpc) is 2.72. The Labute approximate surface area is 81.2 Å².